The van der Waals surface area contributed by atoms with Gasteiger partial charge in [-0.15, -0.1) is 4.28 Å². The van der Waals surface area contributed by atoms with E-state index in [2.05, 4.69) is 10.9 Å². The quantitative estimate of drug-likeness (QED) is 0.317. The second-order valence-corrected chi connectivity index (χ2v) is 5.18. The standard InChI is InChI=1S/C14H20N2O5S/c1-4-9-20-14(17)11-15(2)10-12-5-7-13(8-6-12)16(3)21-22(18)19/h4-8H,1,9-11H2,2-3H3,(H,18,19). The second-order valence-electron chi connectivity index (χ2n) is 4.60. The van der Waals surface area contributed by atoms with E-state index in [-0.39, 0.29) is 19.1 Å². The first kappa shape index (κ1) is 18.3. The van der Waals surface area contributed by atoms with Crippen LogP contribution < -0.4 is 5.06 Å². The molecule has 0 bridgehead atoms. The van der Waals surface area contributed by atoms with Gasteiger partial charge in [0.05, 0.1) is 12.2 Å². The van der Waals surface area contributed by atoms with Crippen LogP contribution in [0.15, 0.2) is 36.9 Å². The molecule has 1 aromatic rings. The van der Waals surface area contributed by atoms with E-state index in [0.29, 0.717) is 12.2 Å². The van der Waals surface area contributed by atoms with Crippen molar-refractivity contribution in [2.75, 3.05) is 32.3 Å². The molecule has 0 aliphatic heterocycles. The normalized spacial score (nSPS) is 12.0. The van der Waals surface area contributed by atoms with Crippen LogP contribution in [0.4, 0.5) is 5.69 Å². The first-order valence-electron chi connectivity index (χ1n) is 6.49. The van der Waals surface area contributed by atoms with Gasteiger partial charge in [-0.05, 0) is 24.7 Å². The summed E-state index contributed by atoms with van der Waals surface area (Å²) >= 11 is -2.36. The number of hydrogen-bond acceptors (Lipinski definition) is 6. The lowest BCUT2D eigenvalue weighted by atomic mass is 10.2. The summed E-state index contributed by atoms with van der Waals surface area (Å²) in [4.78, 5) is 13.3. The molecule has 0 aromatic heterocycles. The number of carbonyl (C=O) groups is 1. The fourth-order valence-corrected chi connectivity index (χ4v) is 2.01. The highest BCUT2D eigenvalue weighted by Crippen LogP contribution is 2.15. The van der Waals surface area contributed by atoms with Crippen molar-refractivity contribution in [3.05, 3.63) is 42.5 Å². The molecule has 1 N–H and O–H groups in total. The van der Waals surface area contributed by atoms with Crippen LogP contribution in [0.1, 0.15) is 5.56 Å². The van der Waals surface area contributed by atoms with Gasteiger partial charge in [0.2, 0.25) is 0 Å². The summed E-state index contributed by atoms with van der Waals surface area (Å²) in [7, 11) is 3.35. The van der Waals surface area contributed by atoms with Crippen LogP contribution in [0, 0.1) is 0 Å². The Labute approximate surface area is 132 Å². The van der Waals surface area contributed by atoms with Crippen molar-refractivity contribution < 1.29 is 22.6 Å². The van der Waals surface area contributed by atoms with E-state index < -0.39 is 11.4 Å². The van der Waals surface area contributed by atoms with E-state index in [1.54, 1.807) is 12.1 Å². The van der Waals surface area contributed by atoms with Gasteiger partial charge in [0.25, 0.3) is 0 Å². The lowest BCUT2D eigenvalue weighted by Gasteiger charge is -2.18. The summed E-state index contributed by atoms with van der Waals surface area (Å²) in [5, 5.41) is 1.20. The Morgan fingerprint density at radius 2 is 2.00 bits per heavy atom. The Bertz CT molecular complexity index is 520. The number of hydrogen-bond donors (Lipinski definition) is 1. The Morgan fingerprint density at radius 1 is 1.36 bits per heavy atom. The third-order valence-electron chi connectivity index (χ3n) is 2.69. The summed E-state index contributed by atoms with van der Waals surface area (Å²) in [6, 6.07) is 7.21. The van der Waals surface area contributed by atoms with Crippen molar-refractivity contribution in [1.82, 2.24) is 4.90 Å². The monoisotopic (exact) mass is 328 g/mol. The van der Waals surface area contributed by atoms with Crippen molar-refractivity contribution in [1.29, 1.82) is 0 Å². The molecule has 22 heavy (non-hydrogen) atoms. The smallest absolute Gasteiger partial charge is 0.325 e. The molecule has 8 heteroatoms. The van der Waals surface area contributed by atoms with Crippen LogP contribution in [-0.2, 0) is 31.7 Å². The van der Waals surface area contributed by atoms with Gasteiger partial charge in [0, 0.05) is 13.6 Å². The summed E-state index contributed by atoms with van der Waals surface area (Å²) in [6.07, 6.45) is 1.52. The Kier molecular flexibility index (Phi) is 7.75. The first-order valence-corrected chi connectivity index (χ1v) is 7.52. The zero-order chi connectivity index (χ0) is 16.5. The van der Waals surface area contributed by atoms with Gasteiger partial charge in [-0.2, -0.15) is 4.21 Å². The zero-order valence-corrected chi connectivity index (χ0v) is 13.4. The summed E-state index contributed by atoms with van der Waals surface area (Å²) in [6.45, 7) is 4.44. The van der Waals surface area contributed by atoms with Crippen LogP contribution in [0.25, 0.3) is 0 Å². The summed E-state index contributed by atoms with van der Waals surface area (Å²) in [5.74, 6) is -0.308. The number of esters is 1. The average molecular weight is 328 g/mol. The van der Waals surface area contributed by atoms with Gasteiger partial charge in [-0.25, -0.2) is 5.06 Å². The minimum absolute atomic E-state index is 0.183. The third-order valence-corrected chi connectivity index (χ3v) is 3.04. The number of anilines is 1. The summed E-state index contributed by atoms with van der Waals surface area (Å²) < 4.78 is 28.8. The van der Waals surface area contributed by atoms with Gasteiger partial charge in [-0.1, -0.05) is 24.8 Å². The number of nitrogens with zero attached hydrogens (tertiary/aromatic N) is 2. The molecule has 0 radical (unpaired) electrons. The van der Waals surface area contributed by atoms with Crippen LogP contribution in [0.2, 0.25) is 0 Å². The van der Waals surface area contributed by atoms with Crippen molar-refractivity contribution in [3.8, 4) is 0 Å². The minimum Gasteiger partial charge on any atom is -0.461 e. The highest BCUT2D eigenvalue weighted by Gasteiger charge is 2.09. The van der Waals surface area contributed by atoms with Crippen LogP contribution in [0.3, 0.4) is 0 Å². The Balaban J connectivity index is 2.51. The van der Waals surface area contributed by atoms with E-state index in [0.717, 1.165) is 5.56 Å². The molecule has 0 saturated carbocycles. The van der Waals surface area contributed by atoms with Crippen molar-refractivity contribution in [2.24, 2.45) is 0 Å². The van der Waals surface area contributed by atoms with Gasteiger partial charge in [-0.3, -0.25) is 14.2 Å². The molecule has 1 aromatic carbocycles. The van der Waals surface area contributed by atoms with Crippen LogP contribution in [0.5, 0.6) is 0 Å². The number of likely N-dealkylation sites (N-methyl/N-ethyl adjacent to an activating group) is 1. The van der Waals surface area contributed by atoms with Gasteiger partial charge >= 0.3 is 17.3 Å². The highest BCUT2D eigenvalue weighted by atomic mass is 32.2. The molecule has 0 amide bonds. The zero-order valence-electron chi connectivity index (χ0n) is 12.6. The van der Waals surface area contributed by atoms with E-state index in [1.165, 1.54) is 18.2 Å². The maximum absolute atomic E-state index is 11.5. The minimum atomic E-state index is -2.36. The van der Waals surface area contributed by atoms with E-state index >= 15 is 0 Å². The van der Waals surface area contributed by atoms with E-state index in [9.17, 15) is 9.00 Å². The maximum atomic E-state index is 11.5. The van der Waals surface area contributed by atoms with Gasteiger partial charge in [0.15, 0.2) is 0 Å². The predicted octanol–water partition coefficient (Wildman–Crippen LogP) is 1.35. The molecule has 0 spiro atoms. The fourth-order valence-electron chi connectivity index (χ4n) is 1.74. The van der Waals surface area contributed by atoms with E-state index in [4.69, 9.17) is 9.29 Å². The molecular formula is C14H20N2O5S. The number of ether oxygens (including phenoxy) is 1. The molecule has 7 nitrogen and oxygen atoms in total. The van der Waals surface area contributed by atoms with Crippen molar-refractivity contribution in [2.45, 2.75) is 6.54 Å². The molecule has 0 saturated heterocycles. The second kappa shape index (κ2) is 9.31. The highest BCUT2D eigenvalue weighted by molar-refractivity contribution is 7.74. The summed E-state index contributed by atoms with van der Waals surface area (Å²) in [5.41, 5.74) is 1.63. The Morgan fingerprint density at radius 3 is 2.55 bits per heavy atom. The van der Waals surface area contributed by atoms with Gasteiger partial charge in [0.1, 0.15) is 6.61 Å². The molecule has 0 fully saturated rings. The molecule has 0 aliphatic rings. The lowest BCUT2D eigenvalue weighted by molar-refractivity contribution is -0.143. The average Bonchev–Trinajstić information content (AvgIpc) is 2.45. The topological polar surface area (TPSA) is 79.3 Å². The molecule has 1 atom stereocenters. The molecule has 0 heterocycles. The van der Waals surface area contributed by atoms with Gasteiger partial charge < -0.3 is 4.74 Å². The van der Waals surface area contributed by atoms with Crippen molar-refractivity contribution >= 4 is 23.0 Å². The number of rotatable bonds is 9. The maximum Gasteiger partial charge on any atom is 0.325 e. The largest absolute Gasteiger partial charge is 0.461 e. The number of benzene rings is 1. The molecular weight excluding hydrogens is 308 g/mol. The predicted molar refractivity (Wildman–Crippen MR) is 84.2 cm³/mol. The molecule has 0 aliphatic carbocycles. The fraction of sp³-hybridized carbons (Fsp3) is 0.357. The van der Waals surface area contributed by atoms with E-state index in [1.807, 2.05) is 24.1 Å². The lowest BCUT2D eigenvalue weighted by Crippen LogP contribution is -2.27. The van der Waals surface area contributed by atoms with Crippen LogP contribution >= 0.6 is 0 Å². The first-order chi connectivity index (χ1) is 10.4. The number of carbonyl (C=O) groups excluding carboxylic acids is 1. The van der Waals surface area contributed by atoms with Crippen LogP contribution in [-0.4, -0.2) is 46.9 Å². The van der Waals surface area contributed by atoms with Crippen molar-refractivity contribution in [3.63, 3.8) is 0 Å². The molecule has 1 rings (SSSR count). The molecule has 1 unspecified atom stereocenters. The SMILES string of the molecule is C=CCOC(=O)CN(C)Cc1ccc(N(C)OS(=O)O)cc1. The molecule has 122 valence electrons. The Hall–Kier alpha value is -1.74. The third kappa shape index (κ3) is 6.81. The number of hydroxylamine groups is 1.